The number of rotatable bonds is 5. The zero-order valence-corrected chi connectivity index (χ0v) is 16.8. The summed E-state index contributed by atoms with van der Waals surface area (Å²) in [5.41, 5.74) is 7.61. The number of para-hydroxylation sites is 2. The van der Waals surface area contributed by atoms with Gasteiger partial charge in [-0.3, -0.25) is 4.79 Å². The Kier molecular flexibility index (Phi) is 5.17. The minimum Gasteiger partial charge on any atom is -0.343 e. The number of aromatic nitrogens is 2. The minimum atomic E-state index is -0.215. The monoisotopic (exact) mass is 361 g/mol. The molecule has 0 aliphatic heterocycles. The Bertz CT molecular complexity index is 1010. The summed E-state index contributed by atoms with van der Waals surface area (Å²) in [5.74, 6) is 0.703. The highest BCUT2D eigenvalue weighted by molar-refractivity contribution is 5.92. The van der Waals surface area contributed by atoms with Gasteiger partial charge in [-0.15, -0.1) is 0 Å². The molecule has 0 spiro atoms. The number of imidazole rings is 1. The molecule has 1 atom stereocenters. The van der Waals surface area contributed by atoms with Gasteiger partial charge in [0.1, 0.15) is 5.82 Å². The summed E-state index contributed by atoms with van der Waals surface area (Å²) in [6.07, 6.45) is 0. The molecule has 1 unspecified atom stereocenters. The van der Waals surface area contributed by atoms with E-state index in [4.69, 9.17) is 4.98 Å². The number of hydrogen-bond donors (Lipinski definition) is 1. The number of fused-ring (bicyclic) bond motifs is 1. The van der Waals surface area contributed by atoms with Gasteiger partial charge < -0.3 is 9.88 Å². The molecule has 0 aliphatic carbocycles. The van der Waals surface area contributed by atoms with Gasteiger partial charge in [-0.05, 0) is 63.4 Å². The molecule has 0 fully saturated rings. The Morgan fingerprint density at radius 2 is 1.81 bits per heavy atom. The summed E-state index contributed by atoms with van der Waals surface area (Å²) in [7, 11) is 0. The fraction of sp³-hybridized carbons (Fsp3) is 0.304. The van der Waals surface area contributed by atoms with Crippen LogP contribution in [0.25, 0.3) is 11.0 Å². The van der Waals surface area contributed by atoms with Crippen LogP contribution in [0.2, 0.25) is 0 Å². The third kappa shape index (κ3) is 3.80. The smallest absolute Gasteiger partial charge is 0.246 e. The topological polar surface area (TPSA) is 46.9 Å². The first-order valence-electron chi connectivity index (χ1n) is 9.26. The number of benzene rings is 2. The van der Waals surface area contributed by atoms with E-state index >= 15 is 0 Å². The number of carbonyl (C=O) groups is 1. The predicted octanol–water partition coefficient (Wildman–Crippen LogP) is 4.76. The highest BCUT2D eigenvalue weighted by Gasteiger charge is 2.19. The van der Waals surface area contributed by atoms with E-state index in [0.29, 0.717) is 5.57 Å². The Balaban J connectivity index is 2.08. The van der Waals surface area contributed by atoms with Gasteiger partial charge in [0.05, 0.1) is 17.1 Å². The summed E-state index contributed by atoms with van der Waals surface area (Å²) in [6.45, 7) is 14.6. The number of aryl methyl sites for hydroxylation is 3. The van der Waals surface area contributed by atoms with Crippen LogP contribution < -0.4 is 5.32 Å². The molecule has 1 aromatic heterocycles. The molecule has 0 radical (unpaired) electrons. The Hall–Kier alpha value is -2.88. The van der Waals surface area contributed by atoms with Crippen LogP contribution in [0, 0.1) is 20.8 Å². The third-order valence-corrected chi connectivity index (χ3v) is 4.96. The molecule has 1 N–H and O–H groups in total. The van der Waals surface area contributed by atoms with Crippen molar-refractivity contribution in [3.63, 3.8) is 0 Å². The first kappa shape index (κ1) is 18.9. The summed E-state index contributed by atoms with van der Waals surface area (Å²) >= 11 is 0. The van der Waals surface area contributed by atoms with Gasteiger partial charge in [-0.1, -0.05) is 36.4 Å². The quantitative estimate of drug-likeness (QED) is 0.666. The average Bonchev–Trinajstić information content (AvgIpc) is 2.96. The second kappa shape index (κ2) is 7.39. The first-order chi connectivity index (χ1) is 12.8. The molecule has 1 heterocycles. The maximum atomic E-state index is 12.1. The molecule has 3 rings (SSSR count). The highest BCUT2D eigenvalue weighted by atomic mass is 16.1. The molecule has 27 heavy (non-hydrogen) atoms. The van der Waals surface area contributed by atoms with Gasteiger partial charge >= 0.3 is 0 Å². The summed E-state index contributed by atoms with van der Waals surface area (Å²) in [5, 5.41) is 3.00. The second-order valence-corrected chi connectivity index (χ2v) is 7.40. The fourth-order valence-corrected chi connectivity index (χ4v) is 3.59. The van der Waals surface area contributed by atoms with E-state index in [1.807, 2.05) is 25.1 Å². The maximum absolute atomic E-state index is 12.1. The summed E-state index contributed by atoms with van der Waals surface area (Å²) in [4.78, 5) is 16.9. The Morgan fingerprint density at radius 3 is 2.44 bits per heavy atom. The molecular weight excluding hydrogens is 334 g/mol. The van der Waals surface area contributed by atoms with E-state index in [1.54, 1.807) is 6.92 Å². The standard InChI is InChI=1S/C23H27N3O/c1-14(2)23(27)24-18(6)22-25-20-9-7-8-10-21(20)26(22)13-19-16(4)11-15(3)12-17(19)5/h7-12,18H,1,13H2,2-6H3,(H,24,27). The molecule has 0 saturated carbocycles. The van der Waals surface area contributed by atoms with Gasteiger partial charge in [0.25, 0.3) is 0 Å². The molecular formula is C23H27N3O. The van der Waals surface area contributed by atoms with Crippen molar-refractivity contribution in [3.05, 3.63) is 76.6 Å². The molecule has 4 heteroatoms. The first-order valence-corrected chi connectivity index (χ1v) is 9.26. The normalized spacial score (nSPS) is 12.2. The fourth-order valence-electron chi connectivity index (χ4n) is 3.59. The van der Waals surface area contributed by atoms with Crippen molar-refractivity contribution in [3.8, 4) is 0 Å². The number of hydrogen-bond acceptors (Lipinski definition) is 2. The number of amides is 1. The highest BCUT2D eigenvalue weighted by Crippen LogP contribution is 2.25. The molecule has 0 aliphatic rings. The van der Waals surface area contributed by atoms with Gasteiger partial charge in [-0.2, -0.15) is 0 Å². The lowest BCUT2D eigenvalue weighted by Crippen LogP contribution is -2.29. The van der Waals surface area contributed by atoms with Crippen LogP contribution in [0.1, 0.15) is 48.0 Å². The zero-order chi connectivity index (χ0) is 19.7. The van der Waals surface area contributed by atoms with Crippen LogP contribution in [-0.4, -0.2) is 15.5 Å². The van der Waals surface area contributed by atoms with Crippen molar-refractivity contribution >= 4 is 16.9 Å². The molecule has 2 aromatic carbocycles. The molecule has 0 bridgehead atoms. The van der Waals surface area contributed by atoms with Gasteiger partial charge in [0.2, 0.25) is 5.91 Å². The van der Waals surface area contributed by atoms with Crippen molar-refractivity contribution in [1.82, 2.24) is 14.9 Å². The van der Waals surface area contributed by atoms with E-state index in [1.165, 1.54) is 22.3 Å². The van der Waals surface area contributed by atoms with Crippen LogP contribution in [0.3, 0.4) is 0 Å². The van der Waals surface area contributed by atoms with Crippen LogP contribution in [0.15, 0.2) is 48.6 Å². The number of nitrogens with zero attached hydrogens (tertiary/aromatic N) is 2. The van der Waals surface area contributed by atoms with E-state index in [2.05, 4.69) is 55.4 Å². The van der Waals surface area contributed by atoms with Crippen molar-refractivity contribution in [2.24, 2.45) is 0 Å². The number of carbonyl (C=O) groups excluding carboxylic acids is 1. The van der Waals surface area contributed by atoms with Crippen molar-refractivity contribution < 1.29 is 4.79 Å². The van der Waals surface area contributed by atoms with E-state index < -0.39 is 0 Å². The minimum absolute atomic E-state index is 0.149. The van der Waals surface area contributed by atoms with Gasteiger partial charge in [-0.25, -0.2) is 4.98 Å². The van der Waals surface area contributed by atoms with Gasteiger partial charge in [0, 0.05) is 12.1 Å². The van der Waals surface area contributed by atoms with Crippen molar-refractivity contribution in [2.75, 3.05) is 0 Å². The lowest BCUT2D eigenvalue weighted by atomic mass is 9.99. The van der Waals surface area contributed by atoms with Crippen LogP contribution in [0.4, 0.5) is 0 Å². The van der Waals surface area contributed by atoms with Crippen LogP contribution in [-0.2, 0) is 11.3 Å². The van der Waals surface area contributed by atoms with Crippen LogP contribution >= 0.6 is 0 Å². The zero-order valence-electron chi connectivity index (χ0n) is 16.8. The maximum Gasteiger partial charge on any atom is 0.246 e. The van der Waals surface area contributed by atoms with Crippen LogP contribution in [0.5, 0.6) is 0 Å². The molecule has 4 nitrogen and oxygen atoms in total. The molecule has 3 aromatic rings. The molecule has 1 amide bonds. The largest absolute Gasteiger partial charge is 0.343 e. The molecule has 140 valence electrons. The lowest BCUT2D eigenvalue weighted by Gasteiger charge is -2.19. The third-order valence-electron chi connectivity index (χ3n) is 4.96. The molecule has 0 saturated heterocycles. The Labute approximate surface area is 160 Å². The predicted molar refractivity (Wildman–Crippen MR) is 111 cm³/mol. The van der Waals surface area contributed by atoms with E-state index in [-0.39, 0.29) is 11.9 Å². The average molecular weight is 361 g/mol. The van der Waals surface area contributed by atoms with E-state index in [9.17, 15) is 4.79 Å². The second-order valence-electron chi connectivity index (χ2n) is 7.40. The summed E-state index contributed by atoms with van der Waals surface area (Å²) < 4.78 is 2.21. The van der Waals surface area contributed by atoms with E-state index in [0.717, 1.165) is 23.4 Å². The SMILES string of the molecule is C=C(C)C(=O)NC(C)c1nc2ccccc2n1Cc1c(C)cc(C)cc1C. The number of nitrogens with one attached hydrogen (secondary N) is 1. The Morgan fingerprint density at radius 1 is 1.19 bits per heavy atom. The lowest BCUT2D eigenvalue weighted by molar-refractivity contribution is -0.118. The van der Waals surface area contributed by atoms with Crippen molar-refractivity contribution in [2.45, 2.75) is 47.2 Å². The van der Waals surface area contributed by atoms with Crippen molar-refractivity contribution in [1.29, 1.82) is 0 Å². The van der Waals surface area contributed by atoms with Gasteiger partial charge in [0.15, 0.2) is 0 Å². The summed E-state index contributed by atoms with van der Waals surface area (Å²) in [6, 6.07) is 12.3.